The van der Waals surface area contributed by atoms with Gasteiger partial charge in [0.05, 0.1) is 13.1 Å². The van der Waals surface area contributed by atoms with Gasteiger partial charge < -0.3 is 15.1 Å². The summed E-state index contributed by atoms with van der Waals surface area (Å²) in [5, 5.41) is 6.03. The molecule has 2 atom stereocenters. The van der Waals surface area contributed by atoms with Crippen molar-refractivity contribution in [2.45, 2.75) is 58.8 Å². The fourth-order valence-corrected chi connectivity index (χ4v) is 4.33. The first-order chi connectivity index (χ1) is 15.2. The van der Waals surface area contributed by atoms with Crippen LogP contribution in [-0.4, -0.2) is 76.6 Å². The molecule has 0 saturated carbocycles. The Kier molecular flexibility index (Phi) is 7.71. The van der Waals surface area contributed by atoms with E-state index in [2.05, 4.69) is 19.2 Å². The third-order valence-electron chi connectivity index (χ3n) is 6.04. The van der Waals surface area contributed by atoms with Crippen molar-refractivity contribution in [3.05, 3.63) is 35.6 Å². The Bertz CT molecular complexity index is 831. The average Bonchev–Trinajstić information content (AvgIpc) is 2.74. The first kappa shape index (κ1) is 24.0. The van der Waals surface area contributed by atoms with Crippen LogP contribution >= 0.6 is 0 Å². The van der Waals surface area contributed by atoms with E-state index >= 15 is 0 Å². The molecule has 2 aliphatic rings. The van der Waals surface area contributed by atoms with Crippen LogP contribution in [0, 0.1) is 11.7 Å². The van der Waals surface area contributed by atoms with Gasteiger partial charge in [0.25, 0.3) is 0 Å². The van der Waals surface area contributed by atoms with Crippen molar-refractivity contribution >= 4 is 17.8 Å². The quantitative estimate of drug-likeness (QED) is 0.697. The van der Waals surface area contributed by atoms with E-state index in [9.17, 15) is 18.8 Å². The smallest absolute Gasteiger partial charge is 0.334 e. The molecular formula is C23H34FN5O3. The summed E-state index contributed by atoms with van der Waals surface area (Å²) in [6.45, 7) is 7.35. The van der Waals surface area contributed by atoms with Crippen LogP contribution in [0.1, 0.15) is 45.6 Å². The molecule has 2 fully saturated rings. The summed E-state index contributed by atoms with van der Waals surface area (Å²) in [5.41, 5.74) is 0.772. The van der Waals surface area contributed by atoms with E-state index in [4.69, 9.17) is 0 Å². The Morgan fingerprint density at radius 2 is 1.91 bits per heavy atom. The molecule has 1 N–H and O–H groups in total. The van der Waals surface area contributed by atoms with E-state index in [1.807, 2.05) is 6.92 Å². The Morgan fingerprint density at radius 3 is 2.53 bits per heavy atom. The predicted molar refractivity (Wildman–Crippen MR) is 118 cm³/mol. The minimum Gasteiger partial charge on any atom is -0.337 e. The number of carbonyl (C=O) groups excluding carboxylic acids is 3. The van der Waals surface area contributed by atoms with Crippen LogP contribution in [-0.2, 0) is 16.1 Å². The van der Waals surface area contributed by atoms with Gasteiger partial charge in [-0.05, 0) is 36.5 Å². The van der Waals surface area contributed by atoms with Crippen LogP contribution in [0.4, 0.5) is 9.18 Å². The number of hydrogen-bond donors (Lipinski definition) is 1. The van der Waals surface area contributed by atoms with E-state index in [0.29, 0.717) is 18.9 Å². The number of urea groups is 1. The molecule has 3 rings (SSSR count). The van der Waals surface area contributed by atoms with Gasteiger partial charge in [-0.2, -0.15) is 0 Å². The number of carbonyl (C=O) groups is 3. The molecule has 2 heterocycles. The van der Waals surface area contributed by atoms with Gasteiger partial charge in [-0.3, -0.25) is 9.59 Å². The van der Waals surface area contributed by atoms with Gasteiger partial charge in [0.2, 0.25) is 11.8 Å². The molecular weight excluding hydrogens is 413 g/mol. The topological polar surface area (TPSA) is 76.2 Å². The summed E-state index contributed by atoms with van der Waals surface area (Å²) < 4.78 is 13.2. The lowest BCUT2D eigenvalue weighted by Gasteiger charge is -2.54. The van der Waals surface area contributed by atoms with E-state index in [1.54, 1.807) is 39.0 Å². The van der Waals surface area contributed by atoms with Crippen molar-refractivity contribution in [2.24, 2.45) is 5.92 Å². The fourth-order valence-electron chi connectivity index (χ4n) is 4.33. The van der Waals surface area contributed by atoms with Crippen molar-refractivity contribution in [3.8, 4) is 0 Å². The van der Waals surface area contributed by atoms with Gasteiger partial charge in [-0.15, -0.1) is 0 Å². The van der Waals surface area contributed by atoms with E-state index in [-0.39, 0.29) is 43.3 Å². The number of halogens is 1. The molecule has 0 unspecified atom stereocenters. The molecule has 0 spiro atoms. The molecule has 8 nitrogen and oxygen atoms in total. The van der Waals surface area contributed by atoms with Crippen LogP contribution in [0.2, 0.25) is 0 Å². The van der Waals surface area contributed by atoms with Crippen LogP contribution in [0.25, 0.3) is 0 Å². The first-order valence-electron chi connectivity index (χ1n) is 11.3. The molecule has 0 bridgehead atoms. The molecule has 4 amide bonds. The van der Waals surface area contributed by atoms with Crippen LogP contribution < -0.4 is 5.32 Å². The van der Waals surface area contributed by atoms with Crippen molar-refractivity contribution < 1.29 is 18.8 Å². The lowest BCUT2D eigenvalue weighted by Crippen LogP contribution is -2.76. The van der Waals surface area contributed by atoms with Gasteiger partial charge >= 0.3 is 6.03 Å². The maximum Gasteiger partial charge on any atom is 0.334 e. The molecule has 0 radical (unpaired) electrons. The number of fused-ring (bicyclic) bond motifs is 1. The summed E-state index contributed by atoms with van der Waals surface area (Å²) in [5.74, 6) is -0.0692. The Morgan fingerprint density at radius 1 is 1.22 bits per heavy atom. The molecule has 1 aromatic rings. The normalized spacial score (nSPS) is 21.9. The highest BCUT2D eigenvalue weighted by atomic mass is 19.1. The summed E-state index contributed by atoms with van der Waals surface area (Å²) in [6.07, 6.45) is 1.62. The maximum atomic E-state index is 13.2. The standard InChI is InChI=1S/C23H34FN5O3/c1-5-6-19-22(31)27(12-11-16(2)3)14-20-28(19)21(30)15-26(4)29(20)23(32)25-13-17-7-9-18(24)10-8-17/h7-10,16,19-20H,5-6,11-15H2,1-4H3,(H,25,32)/t19-,20-/m0/s1. The van der Waals surface area contributed by atoms with Crippen LogP contribution in [0.3, 0.4) is 0 Å². The predicted octanol–water partition coefficient (Wildman–Crippen LogP) is 2.41. The number of nitrogens with one attached hydrogen (secondary N) is 1. The zero-order chi connectivity index (χ0) is 23.4. The van der Waals surface area contributed by atoms with Crippen molar-refractivity contribution in [1.82, 2.24) is 25.1 Å². The number of hydrazine groups is 1. The van der Waals surface area contributed by atoms with Gasteiger partial charge in [0.1, 0.15) is 18.0 Å². The highest BCUT2D eigenvalue weighted by Gasteiger charge is 2.50. The summed E-state index contributed by atoms with van der Waals surface area (Å²) in [4.78, 5) is 42.7. The molecule has 32 heavy (non-hydrogen) atoms. The number of piperazine rings is 1. The lowest BCUT2D eigenvalue weighted by atomic mass is 10.0. The van der Waals surface area contributed by atoms with Crippen molar-refractivity contribution in [1.29, 1.82) is 0 Å². The Hall–Kier alpha value is -2.68. The molecule has 0 aromatic heterocycles. The molecule has 2 saturated heterocycles. The monoisotopic (exact) mass is 447 g/mol. The first-order valence-corrected chi connectivity index (χ1v) is 11.3. The highest BCUT2D eigenvalue weighted by molar-refractivity contribution is 5.91. The van der Waals surface area contributed by atoms with Crippen molar-refractivity contribution in [3.63, 3.8) is 0 Å². The average molecular weight is 448 g/mol. The second-order valence-electron chi connectivity index (χ2n) is 9.00. The third-order valence-corrected chi connectivity index (χ3v) is 6.04. The summed E-state index contributed by atoms with van der Waals surface area (Å²) in [6, 6.07) is 5.03. The minimum atomic E-state index is -0.559. The highest BCUT2D eigenvalue weighted by Crippen LogP contribution is 2.28. The van der Waals surface area contributed by atoms with Gasteiger partial charge in [-0.25, -0.2) is 19.2 Å². The number of amides is 4. The van der Waals surface area contributed by atoms with Crippen molar-refractivity contribution in [2.75, 3.05) is 26.7 Å². The molecule has 9 heteroatoms. The molecule has 176 valence electrons. The number of hydrogen-bond acceptors (Lipinski definition) is 4. The van der Waals surface area contributed by atoms with Crippen LogP contribution in [0.5, 0.6) is 0 Å². The minimum absolute atomic E-state index is 0.0277. The molecule has 1 aromatic carbocycles. The van der Waals surface area contributed by atoms with E-state index in [1.165, 1.54) is 12.1 Å². The number of likely N-dealkylation sites (N-methyl/N-ethyl adjacent to an activating group) is 1. The summed E-state index contributed by atoms with van der Waals surface area (Å²) in [7, 11) is 1.70. The molecule has 2 aliphatic heterocycles. The van der Waals surface area contributed by atoms with Gasteiger partial charge in [-0.1, -0.05) is 39.3 Å². The second-order valence-corrected chi connectivity index (χ2v) is 9.00. The lowest BCUT2D eigenvalue weighted by molar-refractivity contribution is -0.187. The Labute approximate surface area is 189 Å². The van der Waals surface area contributed by atoms with E-state index in [0.717, 1.165) is 18.4 Å². The molecule has 0 aliphatic carbocycles. The largest absolute Gasteiger partial charge is 0.337 e. The third kappa shape index (κ3) is 5.20. The second kappa shape index (κ2) is 10.3. The SMILES string of the molecule is CCC[C@H]1C(=O)N(CCC(C)C)C[C@H]2N1C(=O)CN(C)N2C(=O)NCc1ccc(F)cc1. The zero-order valence-electron chi connectivity index (χ0n) is 19.4. The zero-order valence-corrected chi connectivity index (χ0v) is 19.4. The fraction of sp³-hybridized carbons (Fsp3) is 0.609. The van der Waals surface area contributed by atoms with E-state index < -0.39 is 12.2 Å². The van der Waals surface area contributed by atoms with Gasteiger partial charge in [0.15, 0.2) is 0 Å². The summed E-state index contributed by atoms with van der Waals surface area (Å²) >= 11 is 0. The maximum absolute atomic E-state index is 13.2. The van der Waals surface area contributed by atoms with Crippen LogP contribution in [0.15, 0.2) is 24.3 Å². The Balaban J connectivity index is 1.81. The number of rotatable bonds is 7. The number of nitrogens with zero attached hydrogens (tertiary/aromatic N) is 4. The number of benzene rings is 1. The van der Waals surface area contributed by atoms with Gasteiger partial charge in [0, 0.05) is 20.1 Å².